The van der Waals surface area contributed by atoms with Crippen molar-refractivity contribution in [1.82, 2.24) is 0 Å². The van der Waals surface area contributed by atoms with Crippen molar-refractivity contribution in [3.8, 4) is 0 Å². The number of carbonyl (C=O) groups excluding carboxylic acids is 1. The van der Waals surface area contributed by atoms with Gasteiger partial charge in [-0.1, -0.05) is 54.6 Å². The fourth-order valence-electron chi connectivity index (χ4n) is 1.93. The molecule has 1 atom stereocenters. The molecule has 0 spiro atoms. The lowest BCUT2D eigenvalue weighted by atomic mass is 10.00. The Balaban J connectivity index is 2.29. The molecule has 21 heavy (non-hydrogen) atoms. The van der Waals surface area contributed by atoms with Crippen LogP contribution in [0.4, 0.5) is 0 Å². The van der Waals surface area contributed by atoms with Crippen LogP contribution in [0.25, 0.3) is 0 Å². The van der Waals surface area contributed by atoms with Crippen molar-refractivity contribution >= 4 is 11.8 Å². The Labute approximate surface area is 119 Å². The summed E-state index contributed by atoms with van der Waals surface area (Å²) >= 11 is 0. The van der Waals surface area contributed by atoms with Crippen molar-refractivity contribution in [2.24, 2.45) is 0 Å². The zero-order valence-electron chi connectivity index (χ0n) is 10.8. The van der Waals surface area contributed by atoms with Crippen molar-refractivity contribution in [2.45, 2.75) is 6.04 Å². The molecule has 6 nitrogen and oxygen atoms in total. The van der Waals surface area contributed by atoms with Crippen LogP contribution in [0.5, 0.6) is 0 Å². The molecule has 0 saturated carbocycles. The van der Waals surface area contributed by atoms with E-state index in [2.05, 4.69) is 0 Å². The molecule has 2 rings (SSSR count). The summed E-state index contributed by atoms with van der Waals surface area (Å²) in [6.07, 6.45) is 0. The van der Waals surface area contributed by atoms with Gasteiger partial charge in [-0.3, -0.25) is 14.9 Å². The number of carbonyl (C=O) groups is 2. The molecule has 1 unspecified atom stereocenters. The summed E-state index contributed by atoms with van der Waals surface area (Å²) in [5.41, 5.74) is 0.865. The zero-order chi connectivity index (χ0) is 15.4. The zero-order valence-corrected chi connectivity index (χ0v) is 10.8. The number of benzene rings is 2. The molecule has 0 fully saturated rings. The van der Waals surface area contributed by atoms with Gasteiger partial charge in [0, 0.05) is 21.6 Å². The first-order valence-corrected chi connectivity index (χ1v) is 6.06. The van der Waals surface area contributed by atoms with Gasteiger partial charge in [0.05, 0.1) is 0 Å². The molecule has 6 heteroatoms. The maximum Gasteiger partial charge on any atom is 0.384 e. The molecule has 2 aromatic carbocycles. The predicted octanol–water partition coefficient (Wildman–Crippen LogP) is 2.32. The van der Waals surface area contributed by atoms with Gasteiger partial charge in [-0.2, -0.15) is 0 Å². The van der Waals surface area contributed by atoms with Gasteiger partial charge in [-0.15, -0.1) is 0 Å². The third-order valence-corrected chi connectivity index (χ3v) is 2.97. The first kappa shape index (κ1) is 14.4. The summed E-state index contributed by atoms with van der Waals surface area (Å²) in [6.45, 7) is 0. The molecule has 0 amide bonds. The van der Waals surface area contributed by atoms with E-state index in [-0.39, 0.29) is 11.3 Å². The Morgan fingerprint density at radius 1 is 0.952 bits per heavy atom. The van der Waals surface area contributed by atoms with Crippen LogP contribution in [0, 0.1) is 10.1 Å². The Bertz CT molecular complexity index is 665. The Morgan fingerprint density at radius 3 is 1.95 bits per heavy atom. The molecule has 106 valence electrons. The Morgan fingerprint density at radius 2 is 1.48 bits per heavy atom. The highest BCUT2D eigenvalue weighted by Crippen LogP contribution is 2.19. The van der Waals surface area contributed by atoms with Crippen molar-refractivity contribution in [3.05, 3.63) is 81.4 Å². The fourth-order valence-corrected chi connectivity index (χ4v) is 1.93. The number of nitrogens with zero attached hydrogens (tertiary/aromatic N) is 1. The van der Waals surface area contributed by atoms with Gasteiger partial charge < -0.3 is 5.11 Å². The van der Waals surface area contributed by atoms with E-state index in [9.17, 15) is 19.7 Å². The minimum absolute atomic E-state index is 0.0251. The number of aliphatic carboxylic acids is 1. The summed E-state index contributed by atoms with van der Waals surface area (Å²) in [6, 6.07) is 12.1. The predicted molar refractivity (Wildman–Crippen MR) is 73.7 cm³/mol. The van der Waals surface area contributed by atoms with E-state index >= 15 is 0 Å². The standard InChI is InChI=1S/C15H11NO5/c17-14(11-4-2-1-3-5-11)12-8-6-10(7-9-12)13(15(18)19)16(20)21/h1-9,13H,(H,18,19). The van der Waals surface area contributed by atoms with E-state index in [4.69, 9.17) is 5.11 Å². The molecule has 2 aromatic rings. The number of ketones is 1. The first-order chi connectivity index (χ1) is 10.0. The number of carboxylic acids is 1. The minimum Gasteiger partial charge on any atom is -0.476 e. The van der Waals surface area contributed by atoms with Gasteiger partial charge in [0.15, 0.2) is 5.78 Å². The molecule has 0 bridgehead atoms. The van der Waals surface area contributed by atoms with Crippen LogP contribution in [0.15, 0.2) is 54.6 Å². The summed E-state index contributed by atoms with van der Waals surface area (Å²) in [5, 5.41) is 19.6. The second-order valence-corrected chi connectivity index (χ2v) is 4.34. The van der Waals surface area contributed by atoms with Crippen LogP contribution >= 0.6 is 0 Å². The van der Waals surface area contributed by atoms with E-state index in [1.807, 2.05) is 0 Å². The minimum atomic E-state index is -1.83. The van der Waals surface area contributed by atoms with E-state index in [0.29, 0.717) is 11.1 Å². The molecular weight excluding hydrogens is 274 g/mol. The second kappa shape index (κ2) is 5.96. The second-order valence-electron chi connectivity index (χ2n) is 4.34. The van der Waals surface area contributed by atoms with Gasteiger partial charge in [0.25, 0.3) is 0 Å². The number of nitro groups is 1. The van der Waals surface area contributed by atoms with Crippen LogP contribution < -0.4 is 0 Å². The lowest BCUT2D eigenvalue weighted by molar-refractivity contribution is -0.516. The molecular formula is C15H11NO5. The van der Waals surface area contributed by atoms with Crippen LogP contribution in [0.2, 0.25) is 0 Å². The molecule has 0 heterocycles. The largest absolute Gasteiger partial charge is 0.476 e. The molecule has 0 saturated heterocycles. The van der Waals surface area contributed by atoms with Gasteiger partial charge >= 0.3 is 12.0 Å². The molecule has 1 N–H and O–H groups in total. The quantitative estimate of drug-likeness (QED) is 0.516. The van der Waals surface area contributed by atoms with Crippen LogP contribution in [0.3, 0.4) is 0 Å². The lowest BCUT2D eigenvalue weighted by Crippen LogP contribution is -2.20. The number of rotatable bonds is 5. The SMILES string of the molecule is O=C(c1ccccc1)c1ccc(C(C(=O)O)[N+](=O)[O-])cc1. The van der Waals surface area contributed by atoms with E-state index < -0.39 is 16.9 Å². The molecule has 0 aliphatic rings. The highest BCUT2D eigenvalue weighted by Gasteiger charge is 2.31. The van der Waals surface area contributed by atoms with Crippen LogP contribution in [-0.4, -0.2) is 21.8 Å². The maximum atomic E-state index is 12.1. The third kappa shape index (κ3) is 3.11. The van der Waals surface area contributed by atoms with Crippen LogP contribution in [-0.2, 0) is 4.79 Å². The average molecular weight is 285 g/mol. The van der Waals surface area contributed by atoms with Crippen molar-refractivity contribution in [2.75, 3.05) is 0 Å². The maximum absolute atomic E-state index is 12.1. The van der Waals surface area contributed by atoms with Gasteiger partial charge in [0.2, 0.25) is 0 Å². The summed E-state index contributed by atoms with van der Waals surface area (Å²) in [5.74, 6) is -1.77. The first-order valence-electron chi connectivity index (χ1n) is 6.06. The molecule has 0 radical (unpaired) electrons. The highest BCUT2D eigenvalue weighted by molar-refractivity contribution is 6.08. The monoisotopic (exact) mass is 285 g/mol. The summed E-state index contributed by atoms with van der Waals surface area (Å²) in [4.78, 5) is 32.9. The van der Waals surface area contributed by atoms with E-state index in [1.54, 1.807) is 30.3 Å². The lowest BCUT2D eigenvalue weighted by Gasteiger charge is -2.06. The van der Waals surface area contributed by atoms with Gasteiger partial charge in [-0.25, -0.2) is 4.79 Å². The van der Waals surface area contributed by atoms with E-state index in [1.165, 1.54) is 24.3 Å². The van der Waals surface area contributed by atoms with Crippen LogP contribution in [0.1, 0.15) is 27.5 Å². The summed E-state index contributed by atoms with van der Waals surface area (Å²) < 4.78 is 0. The number of carboxylic acid groups (broad SMARTS) is 1. The number of hydrogen-bond donors (Lipinski definition) is 1. The Hall–Kier alpha value is -3.02. The van der Waals surface area contributed by atoms with Crippen molar-refractivity contribution < 1.29 is 19.6 Å². The highest BCUT2D eigenvalue weighted by atomic mass is 16.6. The third-order valence-electron chi connectivity index (χ3n) is 2.97. The van der Waals surface area contributed by atoms with E-state index in [0.717, 1.165) is 0 Å². The van der Waals surface area contributed by atoms with Crippen molar-refractivity contribution in [1.29, 1.82) is 0 Å². The fraction of sp³-hybridized carbons (Fsp3) is 0.0667. The molecule has 0 aliphatic heterocycles. The van der Waals surface area contributed by atoms with Gasteiger partial charge in [0.1, 0.15) is 0 Å². The average Bonchev–Trinajstić information content (AvgIpc) is 2.47. The van der Waals surface area contributed by atoms with Gasteiger partial charge in [-0.05, 0) is 0 Å². The topological polar surface area (TPSA) is 97.5 Å². The smallest absolute Gasteiger partial charge is 0.384 e. The Kier molecular flexibility index (Phi) is 4.08. The van der Waals surface area contributed by atoms with Crippen molar-refractivity contribution in [3.63, 3.8) is 0 Å². The summed E-state index contributed by atoms with van der Waals surface area (Å²) in [7, 11) is 0. The number of hydrogen-bond acceptors (Lipinski definition) is 4. The normalized spacial score (nSPS) is 11.6. The molecule has 0 aliphatic carbocycles. The molecule has 0 aromatic heterocycles.